The van der Waals surface area contributed by atoms with Gasteiger partial charge in [0, 0.05) is 25.2 Å². The van der Waals surface area contributed by atoms with E-state index in [-0.39, 0.29) is 11.9 Å². The number of piperazine rings is 1. The van der Waals surface area contributed by atoms with Crippen molar-refractivity contribution >= 4 is 5.91 Å². The van der Waals surface area contributed by atoms with E-state index in [2.05, 4.69) is 24.1 Å². The van der Waals surface area contributed by atoms with Crippen LogP contribution >= 0.6 is 0 Å². The zero-order chi connectivity index (χ0) is 17.8. The van der Waals surface area contributed by atoms with Crippen LogP contribution in [0.5, 0.6) is 11.5 Å². The Morgan fingerprint density at radius 3 is 2.40 bits per heavy atom. The molecule has 1 heterocycles. The van der Waals surface area contributed by atoms with Crippen LogP contribution in [0.2, 0.25) is 0 Å². The first-order valence-electron chi connectivity index (χ1n) is 8.40. The third-order valence-electron chi connectivity index (χ3n) is 4.66. The van der Waals surface area contributed by atoms with Gasteiger partial charge in [-0.1, -0.05) is 30.3 Å². The van der Waals surface area contributed by atoms with Gasteiger partial charge in [-0.2, -0.15) is 0 Å². The molecule has 0 aliphatic carbocycles. The fourth-order valence-electron chi connectivity index (χ4n) is 3.26. The van der Waals surface area contributed by atoms with Crippen molar-refractivity contribution in [2.24, 2.45) is 0 Å². The lowest BCUT2D eigenvalue weighted by molar-refractivity contribution is 0.0497. The van der Waals surface area contributed by atoms with Crippen molar-refractivity contribution in [2.75, 3.05) is 40.9 Å². The molecular formula is C20H24N2O3. The van der Waals surface area contributed by atoms with Crippen molar-refractivity contribution in [3.05, 3.63) is 59.7 Å². The number of methoxy groups -OCH3 is 2. The first kappa shape index (κ1) is 17.3. The van der Waals surface area contributed by atoms with Crippen LogP contribution in [-0.4, -0.2) is 56.6 Å². The van der Waals surface area contributed by atoms with Crippen LogP contribution in [-0.2, 0) is 0 Å². The summed E-state index contributed by atoms with van der Waals surface area (Å²) in [5.74, 6) is 1.21. The van der Waals surface area contributed by atoms with Gasteiger partial charge in [-0.3, -0.25) is 4.79 Å². The number of likely N-dealkylation sites (N-methyl/N-ethyl adjacent to an activating group) is 1. The minimum atomic E-state index is 0.0166. The summed E-state index contributed by atoms with van der Waals surface area (Å²) in [6, 6.07) is 15.6. The molecule has 5 heteroatoms. The molecule has 25 heavy (non-hydrogen) atoms. The monoisotopic (exact) mass is 340 g/mol. The van der Waals surface area contributed by atoms with Crippen LogP contribution in [0.15, 0.2) is 48.5 Å². The van der Waals surface area contributed by atoms with Crippen LogP contribution in [0.25, 0.3) is 0 Å². The molecule has 0 N–H and O–H groups in total. The zero-order valence-corrected chi connectivity index (χ0v) is 14.9. The van der Waals surface area contributed by atoms with E-state index in [1.54, 1.807) is 32.4 Å². The van der Waals surface area contributed by atoms with Crippen LogP contribution in [0.4, 0.5) is 0 Å². The molecule has 1 saturated heterocycles. The molecule has 0 bridgehead atoms. The highest BCUT2D eigenvalue weighted by Gasteiger charge is 2.31. The molecule has 1 unspecified atom stereocenters. The lowest BCUT2D eigenvalue weighted by Crippen LogP contribution is -2.49. The summed E-state index contributed by atoms with van der Waals surface area (Å²) >= 11 is 0. The Labute approximate surface area is 148 Å². The molecule has 1 aliphatic heterocycles. The molecular weight excluding hydrogens is 316 g/mol. The van der Waals surface area contributed by atoms with Gasteiger partial charge in [-0.15, -0.1) is 0 Å². The van der Waals surface area contributed by atoms with Crippen LogP contribution in [0, 0.1) is 0 Å². The number of nitrogens with zero attached hydrogens (tertiary/aromatic N) is 2. The van der Waals surface area contributed by atoms with Crippen molar-refractivity contribution < 1.29 is 14.3 Å². The van der Waals surface area contributed by atoms with Gasteiger partial charge in [0.05, 0.1) is 20.3 Å². The molecule has 1 amide bonds. The van der Waals surface area contributed by atoms with E-state index in [0.29, 0.717) is 23.6 Å². The summed E-state index contributed by atoms with van der Waals surface area (Å²) in [4.78, 5) is 17.4. The van der Waals surface area contributed by atoms with Gasteiger partial charge in [-0.05, 0) is 30.8 Å². The summed E-state index contributed by atoms with van der Waals surface area (Å²) in [6.07, 6.45) is 0. The van der Waals surface area contributed by atoms with Crippen LogP contribution < -0.4 is 9.47 Å². The van der Waals surface area contributed by atoms with E-state index < -0.39 is 0 Å². The van der Waals surface area contributed by atoms with Crippen LogP contribution in [0.3, 0.4) is 0 Å². The van der Waals surface area contributed by atoms with Crippen molar-refractivity contribution in [3.8, 4) is 11.5 Å². The molecule has 0 radical (unpaired) electrons. The maximum atomic E-state index is 13.2. The molecule has 1 fully saturated rings. The first-order valence-corrected chi connectivity index (χ1v) is 8.40. The van der Waals surface area contributed by atoms with Gasteiger partial charge in [0.2, 0.25) is 0 Å². The van der Waals surface area contributed by atoms with Crippen LogP contribution in [0.1, 0.15) is 22.0 Å². The predicted molar refractivity (Wildman–Crippen MR) is 97.3 cm³/mol. The van der Waals surface area contributed by atoms with Gasteiger partial charge in [-0.25, -0.2) is 0 Å². The average molecular weight is 340 g/mol. The normalized spacial score (nSPS) is 18.0. The number of rotatable bonds is 4. The quantitative estimate of drug-likeness (QED) is 0.858. The molecule has 2 aromatic rings. The van der Waals surface area contributed by atoms with E-state index in [9.17, 15) is 4.79 Å². The highest BCUT2D eigenvalue weighted by molar-refractivity contribution is 5.95. The molecule has 3 rings (SSSR count). The Morgan fingerprint density at radius 1 is 1.00 bits per heavy atom. The molecule has 132 valence electrons. The fraction of sp³-hybridized carbons (Fsp3) is 0.350. The summed E-state index contributed by atoms with van der Waals surface area (Å²) in [5.41, 5.74) is 1.77. The second-order valence-electron chi connectivity index (χ2n) is 6.26. The largest absolute Gasteiger partial charge is 0.493 e. The third kappa shape index (κ3) is 3.61. The number of benzene rings is 2. The molecule has 1 atom stereocenters. The highest BCUT2D eigenvalue weighted by Crippen LogP contribution is 2.31. The van der Waals surface area contributed by atoms with E-state index in [1.165, 1.54) is 0 Å². The standard InChI is InChI=1S/C20H24N2O3/c1-21-11-12-22(17(14-21)15-7-5-4-6-8-15)20(23)16-9-10-18(24-2)19(13-16)25-3/h4-10,13,17H,11-12,14H2,1-3H3. The van der Waals surface area contributed by atoms with Crippen molar-refractivity contribution in [2.45, 2.75) is 6.04 Å². The van der Waals surface area contributed by atoms with Crippen molar-refractivity contribution in [3.63, 3.8) is 0 Å². The number of hydrogen-bond donors (Lipinski definition) is 0. The summed E-state index contributed by atoms with van der Waals surface area (Å²) in [7, 11) is 5.26. The van der Waals surface area contributed by atoms with Gasteiger partial charge in [0.25, 0.3) is 5.91 Å². The second-order valence-corrected chi connectivity index (χ2v) is 6.26. The Morgan fingerprint density at radius 2 is 1.72 bits per heavy atom. The van der Waals surface area contributed by atoms with Gasteiger partial charge >= 0.3 is 0 Å². The Bertz CT molecular complexity index is 733. The lowest BCUT2D eigenvalue weighted by Gasteiger charge is -2.40. The summed E-state index contributed by atoms with van der Waals surface area (Å²) in [6.45, 7) is 2.38. The molecule has 0 saturated carbocycles. The third-order valence-corrected chi connectivity index (χ3v) is 4.66. The summed E-state index contributed by atoms with van der Waals surface area (Å²) < 4.78 is 10.6. The van der Waals surface area contributed by atoms with E-state index in [1.807, 2.05) is 23.1 Å². The average Bonchev–Trinajstić information content (AvgIpc) is 2.67. The van der Waals surface area contributed by atoms with E-state index in [4.69, 9.17) is 9.47 Å². The van der Waals surface area contributed by atoms with Gasteiger partial charge in [0.15, 0.2) is 11.5 Å². The Hall–Kier alpha value is -2.53. The Balaban J connectivity index is 1.91. The van der Waals surface area contributed by atoms with E-state index >= 15 is 0 Å². The minimum absolute atomic E-state index is 0.0166. The molecule has 0 spiro atoms. The zero-order valence-electron chi connectivity index (χ0n) is 14.9. The fourth-order valence-corrected chi connectivity index (χ4v) is 3.26. The lowest BCUT2D eigenvalue weighted by atomic mass is 10.0. The molecule has 2 aromatic carbocycles. The number of ether oxygens (including phenoxy) is 2. The SMILES string of the molecule is COc1ccc(C(=O)N2CCN(C)CC2c2ccccc2)cc1OC. The first-order chi connectivity index (χ1) is 12.1. The van der Waals surface area contributed by atoms with E-state index in [0.717, 1.165) is 18.7 Å². The van der Waals surface area contributed by atoms with Gasteiger partial charge in [0.1, 0.15) is 0 Å². The molecule has 0 aromatic heterocycles. The summed E-state index contributed by atoms with van der Waals surface area (Å²) in [5, 5.41) is 0. The van der Waals surface area contributed by atoms with Gasteiger partial charge < -0.3 is 19.3 Å². The number of carbonyl (C=O) groups is 1. The maximum absolute atomic E-state index is 13.2. The highest BCUT2D eigenvalue weighted by atomic mass is 16.5. The predicted octanol–water partition coefficient (Wildman–Crippen LogP) is 2.83. The maximum Gasteiger partial charge on any atom is 0.254 e. The number of amides is 1. The molecule has 1 aliphatic rings. The smallest absolute Gasteiger partial charge is 0.254 e. The number of hydrogen-bond acceptors (Lipinski definition) is 4. The van der Waals surface area contributed by atoms with Crippen molar-refractivity contribution in [1.29, 1.82) is 0 Å². The topological polar surface area (TPSA) is 42.0 Å². The number of carbonyl (C=O) groups excluding carboxylic acids is 1. The minimum Gasteiger partial charge on any atom is -0.493 e. The van der Waals surface area contributed by atoms with Crippen molar-refractivity contribution in [1.82, 2.24) is 9.80 Å². The second kappa shape index (κ2) is 7.57. The molecule has 5 nitrogen and oxygen atoms in total. The Kier molecular flexibility index (Phi) is 5.24.